The molecule has 0 unspecified atom stereocenters. The molecule has 4 rings (SSSR count). The highest BCUT2D eigenvalue weighted by Crippen LogP contribution is 2.31. The molecule has 4 N–H and O–H groups in total. The lowest BCUT2D eigenvalue weighted by atomic mass is 9.84. The van der Waals surface area contributed by atoms with Gasteiger partial charge in [0.1, 0.15) is 11.5 Å². The van der Waals surface area contributed by atoms with Gasteiger partial charge in [-0.15, -0.1) is 0 Å². The molecule has 1 aromatic carbocycles. The van der Waals surface area contributed by atoms with Crippen molar-refractivity contribution in [2.75, 3.05) is 44.7 Å². The molecule has 1 saturated heterocycles. The summed E-state index contributed by atoms with van der Waals surface area (Å²) in [5.41, 5.74) is 5.77. The van der Waals surface area contributed by atoms with Gasteiger partial charge in [0.25, 0.3) is 11.8 Å². The number of rotatable bonds is 8. The smallest absolute Gasteiger partial charge is 0.273 e. The Labute approximate surface area is 213 Å². The summed E-state index contributed by atoms with van der Waals surface area (Å²) in [6.45, 7) is 4.01. The number of morpholine rings is 1. The number of imidazole rings is 1. The molecule has 1 aliphatic heterocycles. The van der Waals surface area contributed by atoms with Gasteiger partial charge >= 0.3 is 0 Å². The van der Waals surface area contributed by atoms with Crippen LogP contribution in [0.25, 0.3) is 0 Å². The van der Waals surface area contributed by atoms with Crippen molar-refractivity contribution < 1.29 is 23.5 Å². The number of nitrogens with two attached hydrogens (primary N) is 1. The van der Waals surface area contributed by atoms with Crippen molar-refractivity contribution >= 4 is 35.0 Å². The van der Waals surface area contributed by atoms with Gasteiger partial charge < -0.3 is 25.7 Å². The molecule has 2 aromatic rings. The average molecular weight is 521 g/mol. The molecule has 1 saturated carbocycles. The number of hydrogen-bond acceptors (Lipinski definition) is 6. The first kappa shape index (κ1) is 26.1. The van der Waals surface area contributed by atoms with E-state index in [0.717, 1.165) is 19.2 Å². The molecule has 2 heterocycles. The van der Waals surface area contributed by atoms with Crippen molar-refractivity contribution in [2.24, 2.45) is 11.7 Å². The van der Waals surface area contributed by atoms with E-state index in [1.807, 2.05) is 0 Å². The minimum absolute atomic E-state index is 0.0790. The minimum atomic E-state index is -0.771. The zero-order valence-corrected chi connectivity index (χ0v) is 20.6. The van der Waals surface area contributed by atoms with E-state index in [2.05, 4.69) is 20.2 Å². The zero-order valence-electron chi connectivity index (χ0n) is 19.8. The maximum absolute atomic E-state index is 13.5. The summed E-state index contributed by atoms with van der Waals surface area (Å²) >= 11 is 6.04. The fourth-order valence-electron chi connectivity index (χ4n) is 4.79. The van der Waals surface area contributed by atoms with Crippen LogP contribution in [0.2, 0.25) is 5.02 Å². The number of anilines is 1. The molecule has 1 aromatic heterocycles. The van der Waals surface area contributed by atoms with Crippen molar-refractivity contribution in [3.8, 4) is 0 Å². The molecule has 12 heteroatoms. The van der Waals surface area contributed by atoms with Crippen molar-refractivity contribution in [3.63, 3.8) is 0 Å². The van der Waals surface area contributed by atoms with Gasteiger partial charge in [-0.25, -0.2) is 9.37 Å². The molecule has 0 radical (unpaired) electrons. The van der Waals surface area contributed by atoms with Crippen LogP contribution in [0, 0.1) is 11.7 Å². The maximum atomic E-state index is 13.5. The Hall–Kier alpha value is -3.02. The SMILES string of the molecule is NC(=O)c1nc[nH]c1C(=O)N(CCN1CCOCC1)C1CCC(C(=O)Nc2ccc(F)cc2Cl)CC1. The molecular weight excluding hydrogens is 491 g/mol. The Morgan fingerprint density at radius 2 is 1.94 bits per heavy atom. The second-order valence-corrected chi connectivity index (χ2v) is 9.47. The Balaban J connectivity index is 1.42. The van der Waals surface area contributed by atoms with Crippen LogP contribution in [0.5, 0.6) is 0 Å². The number of hydrogen-bond donors (Lipinski definition) is 3. The van der Waals surface area contributed by atoms with Crippen LogP contribution in [0.1, 0.15) is 46.7 Å². The highest BCUT2D eigenvalue weighted by Gasteiger charge is 2.34. The van der Waals surface area contributed by atoms with Crippen molar-refractivity contribution in [1.29, 1.82) is 0 Å². The number of carbonyl (C=O) groups is 3. The summed E-state index contributed by atoms with van der Waals surface area (Å²) < 4.78 is 18.7. The lowest BCUT2D eigenvalue weighted by Crippen LogP contribution is -2.48. The first-order valence-electron chi connectivity index (χ1n) is 12.0. The number of aromatic amines is 1. The van der Waals surface area contributed by atoms with Crippen molar-refractivity contribution in [3.05, 3.63) is 46.8 Å². The number of nitrogens with zero attached hydrogens (tertiary/aromatic N) is 3. The first-order chi connectivity index (χ1) is 17.3. The van der Waals surface area contributed by atoms with E-state index < -0.39 is 11.7 Å². The summed E-state index contributed by atoms with van der Waals surface area (Å²) in [5.74, 6) is -2.02. The Morgan fingerprint density at radius 1 is 1.22 bits per heavy atom. The monoisotopic (exact) mass is 520 g/mol. The van der Waals surface area contributed by atoms with E-state index in [-0.39, 0.29) is 40.2 Å². The Bertz CT molecular complexity index is 1100. The lowest BCUT2D eigenvalue weighted by molar-refractivity contribution is -0.121. The third-order valence-corrected chi connectivity index (χ3v) is 7.12. The van der Waals surface area contributed by atoms with Gasteiger partial charge in [-0.05, 0) is 43.9 Å². The van der Waals surface area contributed by atoms with Crippen LogP contribution in [0.15, 0.2) is 24.5 Å². The number of primary amides is 1. The molecule has 36 heavy (non-hydrogen) atoms. The fourth-order valence-corrected chi connectivity index (χ4v) is 5.00. The minimum Gasteiger partial charge on any atom is -0.379 e. The quantitative estimate of drug-likeness (QED) is 0.489. The topological polar surface area (TPSA) is 134 Å². The lowest BCUT2D eigenvalue weighted by Gasteiger charge is -2.38. The van der Waals surface area contributed by atoms with Gasteiger partial charge in [-0.2, -0.15) is 0 Å². The number of H-pyrrole nitrogens is 1. The molecule has 1 aliphatic carbocycles. The highest BCUT2D eigenvalue weighted by atomic mass is 35.5. The van der Waals surface area contributed by atoms with E-state index in [9.17, 15) is 18.8 Å². The van der Waals surface area contributed by atoms with E-state index in [4.69, 9.17) is 22.1 Å². The molecule has 10 nitrogen and oxygen atoms in total. The van der Waals surface area contributed by atoms with Gasteiger partial charge in [0.2, 0.25) is 5.91 Å². The Morgan fingerprint density at radius 3 is 2.61 bits per heavy atom. The van der Waals surface area contributed by atoms with E-state index in [1.165, 1.54) is 18.5 Å². The van der Waals surface area contributed by atoms with Crippen LogP contribution in [-0.2, 0) is 9.53 Å². The van der Waals surface area contributed by atoms with Crippen LogP contribution < -0.4 is 11.1 Å². The zero-order chi connectivity index (χ0) is 25.7. The van der Waals surface area contributed by atoms with Gasteiger partial charge in [0.15, 0.2) is 5.69 Å². The molecule has 3 amide bonds. The summed E-state index contributed by atoms with van der Waals surface area (Å²) in [4.78, 5) is 48.8. The van der Waals surface area contributed by atoms with Crippen molar-refractivity contribution in [1.82, 2.24) is 19.8 Å². The third-order valence-electron chi connectivity index (χ3n) is 6.81. The standard InChI is InChI=1S/C24H30ClFN6O4/c25-18-13-16(26)3-6-19(18)30-23(34)15-1-4-17(5-2-15)32(8-7-31-9-11-36-12-10-31)24(35)21-20(22(27)33)28-14-29-21/h3,6,13-15,17H,1-2,4-5,7-12H2,(H2,27,33)(H,28,29)(H,30,34). The maximum Gasteiger partial charge on any atom is 0.273 e. The van der Waals surface area contributed by atoms with Gasteiger partial charge in [0.05, 0.1) is 30.3 Å². The fraction of sp³-hybridized carbons (Fsp3) is 0.500. The van der Waals surface area contributed by atoms with Crippen molar-refractivity contribution in [2.45, 2.75) is 31.7 Å². The van der Waals surface area contributed by atoms with Crippen LogP contribution >= 0.6 is 11.6 Å². The number of nitrogens with one attached hydrogen (secondary N) is 2. The van der Waals surface area contributed by atoms with Crippen LogP contribution in [0.3, 0.4) is 0 Å². The van der Waals surface area contributed by atoms with Gasteiger partial charge in [-0.1, -0.05) is 11.6 Å². The number of ether oxygens (including phenoxy) is 1. The van der Waals surface area contributed by atoms with E-state index in [1.54, 1.807) is 4.90 Å². The molecular formula is C24H30ClFN6O4. The van der Waals surface area contributed by atoms with Crippen LogP contribution in [0.4, 0.5) is 10.1 Å². The molecule has 2 fully saturated rings. The summed E-state index contributed by atoms with van der Waals surface area (Å²) in [5, 5.41) is 2.92. The second kappa shape index (κ2) is 11.8. The summed E-state index contributed by atoms with van der Waals surface area (Å²) in [6, 6.07) is 3.73. The van der Waals surface area contributed by atoms with E-state index >= 15 is 0 Å². The summed E-state index contributed by atoms with van der Waals surface area (Å²) in [6.07, 6.45) is 3.66. The molecule has 0 bridgehead atoms. The number of halogens is 2. The third kappa shape index (κ3) is 6.21. The largest absolute Gasteiger partial charge is 0.379 e. The van der Waals surface area contributed by atoms with Crippen LogP contribution in [-0.4, -0.2) is 82.9 Å². The Kier molecular flexibility index (Phi) is 8.55. The normalized spacial score (nSPS) is 20.6. The molecule has 0 atom stereocenters. The molecule has 0 spiro atoms. The van der Waals surface area contributed by atoms with E-state index in [0.29, 0.717) is 57.7 Å². The second-order valence-electron chi connectivity index (χ2n) is 9.06. The highest BCUT2D eigenvalue weighted by molar-refractivity contribution is 6.33. The first-order valence-corrected chi connectivity index (χ1v) is 12.4. The number of aromatic nitrogens is 2. The number of amides is 3. The van der Waals surface area contributed by atoms with Gasteiger partial charge in [-0.3, -0.25) is 19.3 Å². The molecule has 194 valence electrons. The van der Waals surface area contributed by atoms with Gasteiger partial charge in [0, 0.05) is 38.1 Å². The average Bonchev–Trinajstić information content (AvgIpc) is 3.37. The predicted octanol–water partition coefficient (Wildman–Crippen LogP) is 2.27. The number of carbonyl (C=O) groups excluding carboxylic acids is 3. The number of benzene rings is 1. The summed E-state index contributed by atoms with van der Waals surface area (Å²) in [7, 11) is 0. The predicted molar refractivity (Wildman–Crippen MR) is 131 cm³/mol. The molecule has 2 aliphatic rings.